The molecule has 0 aromatic rings. The van der Waals surface area contributed by atoms with Gasteiger partial charge in [-0.15, -0.1) is 0 Å². The molecule has 2 nitrogen and oxygen atoms in total. The molecular weight excluding hydrogens is 152 g/mol. The van der Waals surface area contributed by atoms with Crippen LogP contribution in [0, 0.1) is 11.8 Å². The summed E-state index contributed by atoms with van der Waals surface area (Å²) < 4.78 is 11.0. The predicted octanol–water partition coefficient (Wildman–Crippen LogP) is 1.37. The normalized spacial score (nSPS) is 40.0. The molecular formula is C10H14O2. The second-order valence-corrected chi connectivity index (χ2v) is 4.05. The highest BCUT2D eigenvalue weighted by Crippen LogP contribution is 2.40. The molecule has 0 bridgehead atoms. The Bertz CT molecular complexity index is 208. The largest absolute Gasteiger partial charge is 0.376 e. The van der Waals surface area contributed by atoms with E-state index in [4.69, 9.17) is 9.47 Å². The third kappa shape index (κ3) is 0.882. The zero-order chi connectivity index (χ0) is 7.97. The number of fused-ring (bicyclic) bond motifs is 2. The monoisotopic (exact) mass is 166 g/mol. The molecule has 0 aromatic heterocycles. The molecule has 0 amide bonds. The number of hydrogen-bond acceptors (Lipinski definition) is 2. The minimum absolute atomic E-state index is 0.748. The van der Waals surface area contributed by atoms with E-state index in [-0.39, 0.29) is 0 Å². The van der Waals surface area contributed by atoms with E-state index in [0.717, 1.165) is 38.3 Å². The molecule has 2 saturated heterocycles. The van der Waals surface area contributed by atoms with Crippen LogP contribution in [-0.4, -0.2) is 26.4 Å². The van der Waals surface area contributed by atoms with Crippen molar-refractivity contribution in [3.8, 4) is 0 Å². The highest BCUT2D eigenvalue weighted by molar-refractivity contribution is 5.27. The van der Waals surface area contributed by atoms with E-state index in [0.29, 0.717) is 0 Å². The molecule has 12 heavy (non-hydrogen) atoms. The van der Waals surface area contributed by atoms with E-state index in [9.17, 15) is 0 Å². The molecule has 2 aliphatic heterocycles. The molecule has 2 atom stereocenters. The highest BCUT2D eigenvalue weighted by Gasteiger charge is 2.35. The van der Waals surface area contributed by atoms with Crippen LogP contribution in [0.4, 0.5) is 0 Å². The van der Waals surface area contributed by atoms with Crippen LogP contribution in [0.15, 0.2) is 11.1 Å². The first-order valence-electron chi connectivity index (χ1n) is 4.82. The molecule has 3 aliphatic rings. The van der Waals surface area contributed by atoms with Gasteiger partial charge >= 0.3 is 0 Å². The summed E-state index contributed by atoms with van der Waals surface area (Å²) in [6.45, 7) is 3.71. The Kier molecular flexibility index (Phi) is 1.52. The third-order valence-corrected chi connectivity index (χ3v) is 3.41. The van der Waals surface area contributed by atoms with Crippen molar-refractivity contribution < 1.29 is 9.47 Å². The molecule has 0 aromatic carbocycles. The van der Waals surface area contributed by atoms with Gasteiger partial charge in [0.15, 0.2) is 0 Å². The van der Waals surface area contributed by atoms with Crippen LogP contribution >= 0.6 is 0 Å². The Balaban J connectivity index is 2.00. The van der Waals surface area contributed by atoms with Crippen LogP contribution in [0.2, 0.25) is 0 Å². The third-order valence-electron chi connectivity index (χ3n) is 3.41. The Labute approximate surface area is 72.5 Å². The van der Waals surface area contributed by atoms with Crippen molar-refractivity contribution in [2.24, 2.45) is 11.8 Å². The zero-order valence-corrected chi connectivity index (χ0v) is 7.21. The standard InChI is InChI=1S/C10H14O2/c1-2-8-4-12-6-10(8)9-5-11-3-7(1)9/h7-8H,1-6H2. The van der Waals surface area contributed by atoms with E-state index >= 15 is 0 Å². The van der Waals surface area contributed by atoms with Gasteiger partial charge in [-0.05, 0) is 24.0 Å². The predicted molar refractivity (Wildman–Crippen MR) is 44.9 cm³/mol. The fraction of sp³-hybridized carbons (Fsp3) is 0.800. The quantitative estimate of drug-likeness (QED) is 0.506. The summed E-state index contributed by atoms with van der Waals surface area (Å²) in [6.07, 6.45) is 2.65. The molecule has 66 valence electrons. The van der Waals surface area contributed by atoms with Gasteiger partial charge in [-0.1, -0.05) is 0 Å². The fourth-order valence-electron chi connectivity index (χ4n) is 2.69. The summed E-state index contributed by atoms with van der Waals surface area (Å²) in [5, 5.41) is 0. The van der Waals surface area contributed by atoms with Crippen molar-refractivity contribution in [3.63, 3.8) is 0 Å². The summed E-state index contributed by atoms with van der Waals surface area (Å²) in [7, 11) is 0. The second kappa shape index (κ2) is 2.57. The van der Waals surface area contributed by atoms with Gasteiger partial charge in [0.2, 0.25) is 0 Å². The number of ether oxygens (including phenoxy) is 2. The van der Waals surface area contributed by atoms with Crippen LogP contribution in [0.25, 0.3) is 0 Å². The Hall–Kier alpha value is -0.340. The van der Waals surface area contributed by atoms with Crippen molar-refractivity contribution >= 4 is 0 Å². The molecule has 3 rings (SSSR count). The molecule has 0 radical (unpaired) electrons. The van der Waals surface area contributed by atoms with Crippen LogP contribution in [-0.2, 0) is 9.47 Å². The number of rotatable bonds is 0. The van der Waals surface area contributed by atoms with Crippen molar-refractivity contribution in [2.75, 3.05) is 26.4 Å². The first kappa shape index (κ1) is 7.10. The lowest BCUT2D eigenvalue weighted by atomic mass is 9.80. The number of hydrogen-bond donors (Lipinski definition) is 0. The van der Waals surface area contributed by atoms with Crippen LogP contribution < -0.4 is 0 Å². The second-order valence-electron chi connectivity index (χ2n) is 4.05. The lowest BCUT2D eigenvalue weighted by molar-refractivity contribution is 0.174. The maximum Gasteiger partial charge on any atom is 0.0684 e. The Morgan fingerprint density at radius 2 is 1.33 bits per heavy atom. The van der Waals surface area contributed by atoms with Gasteiger partial charge in [0.05, 0.1) is 26.4 Å². The summed E-state index contributed by atoms with van der Waals surface area (Å²) in [5.41, 5.74) is 3.17. The van der Waals surface area contributed by atoms with Gasteiger partial charge in [0.25, 0.3) is 0 Å². The average molecular weight is 166 g/mol. The molecule has 2 heteroatoms. The van der Waals surface area contributed by atoms with Gasteiger partial charge < -0.3 is 9.47 Å². The van der Waals surface area contributed by atoms with Gasteiger partial charge in [-0.25, -0.2) is 0 Å². The fourth-order valence-corrected chi connectivity index (χ4v) is 2.69. The minimum atomic E-state index is 0.748. The molecule has 2 fully saturated rings. The summed E-state index contributed by atoms with van der Waals surface area (Å²) in [6, 6.07) is 0. The van der Waals surface area contributed by atoms with Crippen molar-refractivity contribution in [1.29, 1.82) is 0 Å². The molecule has 2 heterocycles. The van der Waals surface area contributed by atoms with E-state index in [1.165, 1.54) is 12.8 Å². The average Bonchev–Trinajstić information content (AvgIpc) is 2.71. The summed E-state index contributed by atoms with van der Waals surface area (Å²) in [5.74, 6) is 1.50. The summed E-state index contributed by atoms with van der Waals surface area (Å²) >= 11 is 0. The van der Waals surface area contributed by atoms with Crippen LogP contribution in [0.3, 0.4) is 0 Å². The lowest BCUT2D eigenvalue weighted by Crippen LogP contribution is -2.17. The van der Waals surface area contributed by atoms with Crippen molar-refractivity contribution in [3.05, 3.63) is 11.1 Å². The highest BCUT2D eigenvalue weighted by atomic mass is 16.5. The maximum atomic E-state index is 5.49. The lowest BCUT2D eigenvalue weighted by Gasteiger charge is -2.23. The zero-order valence-electron chi connectivity index (χ0n) is 7.21. The van der Waals surface area contributed by atoms with E-state index < -0.39 is 0 Å². The van der Waals surface area contributed by atoms with Crippen LogP contribution in [0.1, 0.15) is 12.8 Å². The topological polar surface area (TPSA) is 18.5 Å². The molecule has 0 N–H and O–H groups in total. The van der Waals surface area contributed by atoms with Gasteiger partial charge in [-0.3, -0.25) is 0 Å². The van der Waals surface area contributed by atoms with Gasteiger partial charge in [0, 0.05) is 11.8 Å². The van der Waals surface area contributed by atoms with Gasteiger partial charge in [0.1, 0.15) is 0 Å². The minimum Gasteiger partial charge on any atom is -0.376 e. The Morgan fingerprint density at radius 1 is 0.833 bits per heavy atom. The van der Waals surface area contributed by atoms with Crippen molar-refractivity contribution in [2.45, 2.75) is 12.8 Å². The Morgan fingerprint density at radius 3 is 1.83 bits per heavy atom. The molecule has 0 saturated carbocycles. The van der Waals surface area contributed by atoms with Gasteiger partial charge in [-0.2, -0.15) is 0 Å². The maximum absolute atomic E-state index is 5.49. The summed E-state index contributed by atoms with van der Waals surface area (Å²) in [4.78, 5) is 0. The van der Waals surface area contributed by atoms with Crippen molar-refractivity contribution in [1.82, 2.24) is 0 Å². The SMILES string of the molecule is C1OCC2CCC3COCC3=C12. The van der Waals surface area contributed by atoms with E-state index in [2.05, 4.69) is 0 Å². The first-order chi connectivity index (χ1) is 5.95. The smallest absolute Gasteiger partial charge is 0.0684 e. The van der Waals surface area contributed by atoms with E-state index in [1.807, 2.05) is 0 Å². The molecule has 2 unspecified atom stereocenters. The van der Waals surface area contributed by atoms with Crippen LogP contribution in [0.5, 0.6) is 0 Å². The molecule has 0 spiro atoms. The molecule has 1 aliphatic carbocycles. The van der Waals surface area contributed by atoms with E-state index in [1.54, 1.807) is 11.1 Å². The first-order valence-corrected chi connectivity index (χ1v) is 4.82.